The lowest BCUT2D eigenvalue weighted by Crippen LogP contribution is -2.21. The maximum atomic E-state index is 11.2. The zero-order chi connectivity index (χ0) is 12.7. The Hall–Kier alpha value is -1.92. The Morgan fingerprint density at radius 3 is 2.59 bits per heavy atom. The lowest BCUT2D eigenvalue weighted by atomic mass is 10.1. The largest absolute Gasteiger partial charge is 0.491 e. The van der Waals surface area contributed by atoms with Gasteiger partial charge in [0.05, 0.1) is 6.61 Å². The molecule has 0 spiro atoms. The van der Waals surface area contributed by atoms with E-state index in [9.17, 15) is 4.79 Å². The highest BCUT2D eigenvalue weighted by molar-refractivity contribution is 6.35. The molecule has 0 fully saturated rings. The smallest absolute Gasteiger partial charge is 0.207 e. The number of ether oxygens (including phenoxy) is 1. The number of carbonyl (C=O) groups is 1. The maximum Gasteiger partial charge on any atom is 0.207 e. The van der Waals surface area contributed by atoms with E-state index in [-0.39, 0.29) is 13.2 Å². The third-order valence-electron chi connectivity index (χ3n) is 1.97. The molecule has 0 amide bonds. The van der Waals surface area contributed by atoms with E-state index in [1.54, 1.807) is 12.1 Å². The van der Waals surface area contributed by atoms with Gasteiger partial charge in [0.15, 0.2) is 0 Å². The highest BCUT2D eigenvalue weighted by Crippen LogP contribution is 2.12. The van der Waals surface area contributed by atoms with Crippen LogP contribution in [-0.2, 0) is 0 Å². The Balaban J connectivity index is 2.59. The number of nitrogens with zero attached hydrogens (tertiary/aromatic N) is 1. The summed E-state index contributed by atoms with van der Waals surface area (Å²) in [5.74, 6) is 0.0458. The van der Waals surface area contributed by atoms with E-state index in [1.807, 2.05) is 0 Å². The quantitative estimate of drug-likeness (QED) is 0.282. The van der Waals surface area contributed by atoms with E-state index in [0.717, 1.165) is 6.21 Å². The fourth-order valence-corrected chi connectivity index (χ4v) is 1.09. The van der Waals surface area contributed by atoms with Crippen LogP contribution in [0.2, 0.25) is 0 Å². The molecule has 0 aliphatic rings. The van der Waals surface area contributed by atoms with Gasteiger partial charge in [0.25, 0.3) is 0 Å². The average Bonchev–Trinajstić information content (AvgIpc) is 2.36. The van der Waals surface area contributed by atoms with Crippen molar-refractivity contribution in [1.29, 1.82) is 0 Å². The van der Waals surface area contributed by atoms with Crippen molar-refractivity contribution in [2.75, 3.05) is 13.2 Å². The predicted octanol–water partition coefficient (Wildman–Crippen LogP) is 0.0613. The second-order valence-electron chi connectivity index (χ2n) is 3.28. The molecule has 0 bridgehead atoms. The van der Waals surface area contributed by atoms with Crippen molar-refractivity contribution in [1.82, 2.24) is 0 Å². The number of ketones is 1. The fraction of sp³-hybridized carbons (Fsp3) is 0.273. The monoisotopic (exact) mass is 239 g/mol. The zero-order valence-corrected chi connectivity index (χ0v) is 8.98. The Morgan fingerprint density at radius 2 is 2.06 bits per heavy atom. The molecule has 0 heterocycles. The molecule has 1 aromatic carbocycles. The first-order chi connectivity index (χ1) is 8.17. The highest BCUT2D eigenvalue weighted by atomic mass is 16.5. The maximum absolute atomic E-state index is 11.2. The van der Waals surface area contributed by atoms with Gasteiger partial charge in [-0.05, 0) is 24.3 Å². The lowest BCUT2D eigenvalue weighted by Gasteiger charge is -2.09. The van der Waals surface area contributed by atoms with Gasteiger partial charge in [-0.1, -0.05) is 5.16 Å². The second kappa shape index (κ2) is 6.62. The van der Waals surface area contributed by atoms with Crippen LogP contribution in [0.1, 0.15) is 10.4 Å². The summed E-state index contributed by atoms with van der Waals surface area (Å²) in [6.45, 7) is -0.397. The standard InChI is InChI=1S/C11H13NO5/c13-6-9(14)7-17-10-3-1-8(2-4-10)11(15)5-12-16/h1-5,9,13-14,16H,6-7H2/b12-5+. The van der Waals surface area contributed by atoms with E-state index in [0.29, 0.717) is 11.3 Å². The number of oxime groups is 1. The normalized spacial score (nSPS) is 12.6. The highest BCUT2D eigenvalue weighted by Gasteiger charge is 2.05. The summed E-state index contributed by atoms with van der Waals surface area (Å²) in [6, 6.07) is 6.10. The molecular formula is C11H13NO5. The van der Waals surface area contributed by atoms with Crippen LogP contribution in [0.4, 0.5) is 0 Å². The van der Waals surface area contributed by atoms with Crippen LogP contribution in [0.15, 0.2) is 29.4 Å². The molecule has 1 aromatic rings. The molecule has 1 atom stereocenters. The van der Waals surface area contributed by atoms with Gasteiger partial charge in [-0.3, -0.25) is 4.79 Å². The second-order valence-corrected chi connectivity index (χ2v) is 3.28. The minimum Gasteiger partial charge on any atom is -0.491 e. The predicted molar refractivity (Wildman–Crippen MR) is 59.6 cm³/mol. The van der Waals surface area contributed by atoms with Crippen LogP contribution in [0.5, 0.6) is 5.75 Å². The molecule has 6 heteroatoms. The first kappa shape index (κ1) is 13.1. The fourth-order valence-electron chi connectivity index (χ4n) is 1.09. The van der Waals surface area contributed by atoms with Crippen molar-refractivity contribution in [2.24, 2.45) is 5.16 Å². The van der Waals surface area contributed by atoms with Gasteiger partial charge in [0.1, 0.15) is 24.7 Å². The molecule has 17 heavy (non-hydrogen) atoms. The minimum atomic E-state index is -0.933. The van der Waals surface area contributed by atoms with Crippen LogP contribution >= 0.6 is 0 Å². The van der Waals surface area contributed by atoms with Gasteiger partial charge in [0.2, 0.25) is 5.78 Å². The molecule has 6 nitrogen and oxygen atoms in total. The number of rotatable bonds is 6. The summed E-state index contributed by atoms with van der Waals surface area (Å²) in [7, 11) is 0. The number of aliphatic hydroxyl groups excluding tert-OH is 2. The average molecular weight is 239 g/mol. The molecule has 1 unspecified atom stereocenters. The van der Waals surface area contributed by atoms with Gasteiger partial charge >= 0.3 is 0 Å². The Kier molecular flexibility index (Phi) is 5.12. The van der Waals surface area contributed by atoms with Gasteiger partial charge in [-0.15, -0.1) is 0 Å². The molecule has 0 aromatic heterocycles. The molecule has 0 radical (unpaired) electrons. The summed E-state index contributed by atoms with van der Waals surface area (Å²) in [5, 5.41) is 28.5. The number of hydrogen-bond acceptors (Lipinski definition) is 6. The van der Waals surface area contributed by atoms with Crippen molar-refractivity contribution in [3.63, 3.8) is 0 Å². The summed E-state index contributed by atoms with van der Waals surface area (Å²) in [6.07, 6.45) is -0.136. The van der Waals surface area contributed by atoms with E-state index < -0.39 is 11.9 Å². The number of hydrogen-bond donors (Lipinski definition) is 3. The van der Waals surface area contributed by atoms with Crippen molar-refractivity contribution in [2.45, 2.75) is 6.10 Å². The van der Waals surface area contributed by atoms with Gasteiger partial charge in [-0.25, -0.2) is 0 Å². The molecular weight excluding hydrogens is 226 g/mol. The SMILES string of the molecule is O=C(/C=N/O)c1ccc(OCC(O)CO)cc1. The van der Waals surface area contributed by atoms with Gasteiger partial charge in [-0.2, -0.15) is 0 Å². The van der Waals surface area contributed by atoms with Crippen molar-refractivity contribution in [3.8, 4) is 5.75 Å². The topological polar surface area (TPSA) is 99.4 Å². The number of aliphatic hydroxyl groups is 2. The minimum absolute atomic E-state index is 0.0259. The number of carbonyl (C=O) groups excluding carboxylic acids is 1. The van der Waals surface area contributed by atoms with Gasteiger partial charge in [0, 0.05) is 5.56 Å². The van der Waals surface area contributed by atoms with Gasteiger partial charge < -0.3 is 20.2 Å². The molecule has 0 saturated heterocycles. The molecule has 3 N–H and O–H groups in total. The van der Waals surface area contributed by atoms with Crippen LogP contribution in [0, 0.1) is 0 Å². The summed E-state index contributed by atoms with van der Waals surface area (Å²) >= 11 is 0. The van der Waals surface area contributed by atoms with E-state index in [1.165, 1.54) is 12.1 Å². The molecule has 0 saturated carbocycles. The number of Topliss-reactive ketones (excluding diaryl/α,β-unsaturated/α-hetero) is 1. The van der Waals surface area contributed by atoms with Crippen LogP contribution < -0.4 is 4.74 Å². The Labute approximate surface area is 97.8 Å². The molecule has 0 aliphatic carbocycles. The van der Waals surface area contributed by atoms with Crippen molar-refractivity contribution >= 4 is 12.0 Å². The lowest BCUT2D eigenvalue weighted by molar-refractivity contribution is 0.0536. The van der Waals surface area contributed by atoms with Crippen molar-refractivity contribution in [3.05, 3.63) is 29.8 Å². The third-order valence-corrected chi connectivity index (χ3v) is 1.97. The van der Waals surface area contributed by atoms with Crippen LogP contribution in [0.25, 0.3) is 0 Å². The molecule has 0 aliphatic heterocycles. The Bertz CT molecular complexity index is 387. The molecule has 92 valence electrons. The van der Waals surface area contributed by atoms with Crippen LogP contribution in [0.3, 0.4) is 0 Å². The summed E-state index contributed by atoms with van der Waals surface area (Å²) in [5.41, 5.74) is 0.359. The van der Waals surface area contributed by atoms with E-state index in [2.05, 4.69) is 5.16 Å². The third kappa shape index (κ3) is 4.21. The molecule has 1 rings (SSSR count). The van der Waals surface area contributed by atoms with E-state index in [4.69, 9.17) is 20.2 Å². The first-order valence-corrected chi connectivity index (χ1v) is 4.91. The summed E-state index contributed by atoms with van der Waals surface area (Å²) < 4.78 is 5.15. The summed E-state index contributed by atoms with van der Waals surface area (Å²) in [4.78, 5) is 11.2. The zero-order valence-electron chi connectivity index (χ0n) is 8.98. The number of benzene rings is 1. The Morgan fingerprint density at radius 1 is 1.41 bits per heavy atom. The first-order valence-electron chi connectivity index (χ1n) is 4.91. The van der Waals surface area contributed by atoms with E-state index >= 15 is 0 Å². The van der Waals surface area contributed by atoms with Crippen molar-refractivity contribution < 1.29 is 25.0 Å². The van der Waals surface area contributed by atoms with Crippen LogP contribution in [-0.4, -0.2) is 46.7 Å².